The summed E-state index contributed by atoms with van der Waals surface area (Å²) in [4.78, 5) is 30.9. The molecule has 0 aliphatic heterocycles. The maximum Gasteiger partial charge on any atom is 0.323 e. The fourth-order valence-electron chi connectivity index (χ4n) is 2.58. The van der Waals surface area contributed by atoms with Gasteiger partial charge in [-0.15, -0.1) is 0 Å². The Morgan fingerprint density at radius 2 is 1.76 bits per heavy atom. The van der Waals surface area contributed by atoms with Crippen molar-refractivity contribution in [1.29, 1.82) is 0 Å². The number of unbranched alkanes of at least 4 members (excludes halogenated alkanes) is 1. The second kappa shape index (κ2) is 10.8. The maximum absolute atomic E-state index is 12.2. The summed E-state index contributed by atoms with van der Waals surface area (Å²) in [6.07, 6.45) is 3.81. The van der Waals surface area contributed by atoms with Gasteiger partial charge in [-0.05, 0) is 59.3 Å². The van der Waals surface area contributed by atoms with Gasteiger partial charge >= 0.3 is 11.9 Å². The van der Waals surface area contributed by atoms with E-state index in [2.05, 4.69) is 9.88 Å². The Bertz CT molecular complexity index is 515. The van der Waals surface area contributed by atoms with Crippen molar-refractivity contribution in [1.82, 2.24) is 9.88 Å². The molecule has 0 radical (unpaired) electrons. The van der Waals surface area contributed by atoms with Crippen LogP contribution in [-0.4, -0.2) is 48.6 Å². The first-order valence-electron chi connectivity index (χ1n) is 8.87. The fourth-order valence-corrected chi connectivity index (χ4v) is 2.58. The third-order valence-corrected chi connectivity index (χ3v) is 4.08. The average Bonchev–Trinajstić information content (AvgIpc) is 2.59. The Kier molecular flexibility index (Phi) is 9.13. The molecule has 0 aliphatic carbocycles. The number of pyridine rings is 1. The van der Waals surface area contributed by atoms with Gasteiger partial charge in [0.1, 0.15) is 0 Å². The van der Waals surface area contributed by atoms with Gasteiger partial charge in [-0.3, -0.25) is 14.6 Å². The molecule has 6 nitrogen and oxygen atoms in total. The van der Waals surface area contributed by atoms with Crippen molar-refractivity contribution in [2.75, 3.05) is 26.8 Å². The highest BCUT2D eigenvalue weighted by Gasteiger charge is 2.43. The minimum absolute atomic E-state index is 0.251. The number of ether oxygens (including phenoxy) is 2. The average molecular weight is 350 g/mol. The second-order valence-electron chi connectivity index (χ2n) is 6.29. The summed E-state index contributed by atoms with van der Waals surface area (Å²) in [5, 5.41) is 0. The molecule has 0 amide bonds. The van der Waals surface area contributed by atoms with E-state index in [1.807, 2.05) is 25.2 Å². The van der Waals surface area contributed by atoms with E-state index in [4.69, 9.17) is 9.47 Å². The van der Waals surface area contributed by atoms with Crippen LogP contribution in [0, 0.1) is 5.41 Å². The second-order valence-corrected chi connectivity index (χ2v) is 6.29. The monoisotopic (exact) mass is 350 g/mol. The lowest BCUT2D eigenvalue weighted by atomic mass is 9.85. The molecule has 0 saturated carbocycles. The first-order chi connectivity index (χ1) is 11.9. The van der Waals surface area contributed by atoms with Crippen molar-refractivity contribution in [2.45, 2.75) is 46.6 Å². The quantitative estimate of drug-likeness (QED) is 0.347. The van der Waals surface area contributed by atoms with Crippen molar-refractivity contribution < 1.29 is 19.1 Å². The Balaban J connectivity index is 2.48. The van der Waals surface area contributed by atoms with E-state index < -0.39 is 17.4 Å². The van der Waals surface area contributed by atoms with E-state index >= 15 is 0 Å². The summed E-state index contributed by atoms with van der Waals surface area (Å²) >= 11 is 0. The number of aromatic nitrogens is 1. The minimum atomic E-state index is -1.23. The third-order valence-electron chi connectivity index (χ3n) is 4.08. The van der Waals surface area contributed by atoms with Crippen LogP contribution in [-0.2, 0) is 25.6 Å². The summed E-state index contributed by atoms with van der Waals surface area (Å²) in [5.74, 6) is -1.01. The molecule has 0 unspecified atom stereocenters. The topological polar surface area (TPSA) is 68.7 Å². The fraction of sp³-hybridized carbons (Fsp3) is 0.632. The van der Waals surface area contributed by atoms with Crippen molar-refractivity contribution in [3.63, 3.8) is 0 Å². The molecule has 0 spiro atoms. The van der Waals surface area contributed by atoms with Crippen LogP contribution in [0.5, 0.6) is 0 Å². The normalized spacial score (nSPS) is 11.4. The Hall–Kier alpha value is -1.95. The lowest BCUT2D eigenvalue weighted by Crippen LogP contribution is -2.39. The van der Waals surface area contributed by atoms with Gasteiger partial charge < -0.3 is 14.4 Å². The molecule has 1 rings (SSSR count). The third kappa shape index (κ3) is 6.82. The first kappa shape index (κ1) is 21.1. The smallest absolute Gasteiger partial charge is 0.323 e. The molecule has 0 aliphatic rings. The van der Waals surface area contributed by atoms with E-state index in [0.717, 1.165) is 31.6 Å². The van der Waals surface area contributed by atoms with Gasteiger partial charge in [0, 0.05) is 12.7 Å². The number of carbonyl (C=O) groups is 2. The standard InChI is InChI=1S/C19H30N2O4/c1-5-24-17(22)19(3,18(23)25-6-2)12-8-10-14-21(4)15-16-11-7-9-13-20-16/h7,9,11,13H,5-6,8,10,12,14-15H2,1-4H3. The van der Waals surface area contributed by atoms with Crippen molar-refractivity contribution >= 4 is 11.9 Å². The highest BCUT2D eigenvalue weighted by molar-refractivity contribution is 5.99. The Morgan fingerprint density at radius 3 is 2.28 bits per heavy atom. The largest absolute Gasteiger partial charge is 0.465 e. The zero-order valence-electron chi connectivity index (χ0n) is 15.8. The molecule has 0 N–H and O–H groups in total. The summed E-state index contributed by atoms with van der Waals surface area (Å²) in [7, 11) is 2.03. The molecule has 0 saturated heterocycles. The number of hydrogen-bond donors (Lipinski definition) is 0. The van der Waals surface area contributed by atoms with E-state index in [1.54, 1.807) is 27.0 Å². The molecule has 0 fully saturated rings. The van der Waals surface area contributed by atoms with Crippen LogP contribution < -0.4 is 0 Å². The number of nitrogens with zero attached hydrogens (tertiary/aromatic N) is 2. The number of esters is 2. The molecule has 0 aromatic carbocycles. The van der Waals surface area contributed by atoms with Crippen molar-refractivity contribution in [3.8, 4) is 0 Å². The van der Waals surface area contributed by atoms with Crippen LogP contribution >= 0.6 is 0 Å². The summed E-state index contributed by atoms with van der Waals surface area (Å²) in [6, 6.07) is 5.87. The highest BCUT2D eigenvalue weighted by Crippen LogP contribution is 2.28. The molecule has 1 heterocycles. The van der Waals surface area contributed by atoms with Gasteiger partial charge in [0.2, 0.25) is 0 Å². The van der Waals surface area contributed by atoms with E-state index in [0.29, 0.717) is 6.42 Å². The molecule has 0 atom stereocenters. The van der Waals surface area contributed by atoms with E-state index in [-0.39, 0.29) is 13.2 Å². The summed E-state index contributed by atoms with van der Waals surface area (Å²) < 4.78 is 10.1. The predicted molar refractivity (Wildman–Crippen MR) is 95.8 cm³/mol. The lowest BCUT2D eigenvalue weighted by molar-refractivity contribution is -0.171. The van der Waals surface area contributed by atoms with E-state index in [9.17, 15) is 9.59 Å². The van der Waals surface area contributed by atoms with Gasteiger partial charge in [-0.25, -0.2) is 0 Å². The number of hydrogen-bond acceptors (Lipinski definition) is 6. The zero-order chi connectivity index (χ0) is 18.7. The van der Waals surface area contributed by atoms with Crippen LogP contribution in [0.1, 0.15) is 45.7 Å². The predicted octanol–water partition coefficient (Wildman–Crippen LogP) is 2.82. The molecular weight excluding hydrogens is 320 g/mol. The highest BCUT2D eigenvalue weighted by atomic mass is 16.6. The van der Waals surface area contributed by atoms with Crippen molar-refractivity contribution in [3.05, 3.63) is 30.1 Å². The van der Waals surface area contributed by atoms with Crippen molar-refractivity contribution in [2.24, 2.45) is 5.41 Å². The van der Waals surface area contributed by atoms with Gasteiger partial charge in [-0.2, -0.15) is 0 Å². The SMILES string of the molecule is CCOC(=O)C(C)(CCCCN(C)Cc1ccccn1)C(=O)OCC. The van der Waals surface area contributed by atoms with Crippen LogP contribution in [0.3, 0.4) is 0 Å². The molecule has 25 heavy (non-hydrogen) atoms. The summed E-state index contributed by atoms with van der Waals surface area (Å²) in [6.45, 7) is 7.21. The Morgan fingerprint density at radius 1 is 1.12 bits per heavy atom. The molecular formula is C19H30N2O4. The van der Waals surface area contributed by atoms with Crippen LogP contribution in [0.4, 0.5) is 0 Å². The maximum atomic E-state index is 12.2. The zero-order valence-corrected chi connectivity index (χ0v) is 15.8. The van der Waals surface area contributed by atoms with Gasteiger partial charge in [0.15, 0.2) is 5.41 Å². The van der Waals surface area contributed by atoms with Gasteiger partial charge in [-0.1, -0.05) is 12.5 Å². The minimum Gasteiger partial charge on any atom is -0.465 e. The first-order valence-corrected chi connectivity index (χ1v) is 8.87. The molecule has 1 aromatic heterocycles. The van der Waals surface area contributed by atoms with Gasteiger partial charge in [0.05, 0.1) is 18.9 Å². The summed E-state index contributed by atoms with van der Waals surface area (Å²) in [5.41, 5.74) is -0.209. The van der Waals surface area contributed by atoms with Gasteiger partial charge in [0.25, 0.3) is 0 Å². The number of carbonyl (C=O) groups excluding carboxylic acids is 2. The lowest BCUT2D eigenvalue weighted by Gasteiger charge is -2.25. The van der Waals surface area contributed by atoms with Crippen LogP contribution in [0.2, 0.25) is 0 Å². The molecule has 140 valence electrons. The Labute approximate surface area is 150 Å². The molecule has 6 heteroatoms. The molecule has 1 aromatic rings. The molecule has 0 bridgehead atoms. The van der Waals surface area contributed by atoms with Crippen LogP contribution in [0.15, 0.2) is 24.4 Å². The van der Waals surface area contributed by atoms with E-state index in [1.165, 1.54) is 0 Å². The number of rotatable bonds is 11. The van der Waals surface area contributed by atoms with Crippen LogP contribution in [0.25, 0.3) is 0 Å².